The molecule has 0 bridgehead atoms. The summed E-state index contributed by atoms with van der Waals surface area (Å²) in [5.74, 6) is 0. The summed E-state index contributed by atoms with van der Waals surface area (Å²) >= 11 is 0. The first kappa shape index (κ1) is 7.92. The molecular formula is C6H13O2. The van der Waals surface area contributed by atoms with Crippen LogP contribution in [0.15, 0.2) is 0 Å². The van der Waals surface area contributed by atoms with Gasteiger partial charge in [0.15, 0.2) is 6.29 Å². The summed E-state index contributed by atoms with van der Waals surface area (Å²) in [7, 11) is 0. The summed E-state index contributed by atoms with van der Waals surface area (Å²) in [5.41, 5.74) is 0. The van der Waals surface area contributed by atoms with Crippen LogP contribution in [-0.2, 0) is 4.74 Å². The van der Waals surface area contributed by atoms with Crippen LogP contribution in [0.5, 0.6) is 0 Å². The first-order chi connectivity index (χ1) is 3.77. The molecule has 1 atom stereocenters. The van der Waals surface area contributed by atoms with E-state index in [1.54, 1.807) is 6.92 Å². The van der Waals surface area contributed by atoms with Crippen LogP contribution in [0.3, 0.4) is 0 Å². The van der Waals surface area contributed by atoms with E-state index in [-0.39, 0.29) is 0 Å². The molecule has 49 valence electrons. The van der Waals surface area contributed by atoms with Gasteiger partial charge in [-0.2, -0.15) is 0 Å². The van der Waals surface area contributed by atoms with Gasteiger partial charge < -0.3 is 9.84 Å². The molecule has 0 aliphatic heterocycles. The average Bonchev–Trinajstić information content (AvgIpc) is 1.66. The number of rotatable bonds is 4. The number of unbranched alkanes of at least 4 members (excludes halogenated alkanes) is 1. The largest absolute Gasteiger partial charge is 0.368 e. The van der Waals surface area contributed by atoms with Crippen molar-refractivity contribution >= 4 is 0 Å². The zero-order valence-electron chi connectivity index (χ0n) is 5.42. The lowest BCUT2D eigenvalue weighted by molar-refractivity contribution is -0.0839. The minimum atomic E-state index is -0.616. The molecule has 1 unspecified atom stereocenters. The topological polar surface area (TPSA) is 29.5 Å². The Labute approximate surface area is 50.5 Å². The normalized spacial score (nSPS) is 13.9. The van der Waals surface area contributed by atoms with Gasteiger partial charge in [0.2, 0.25) is 0 Å². The van der Waals surface area contributed by atoms with Crippen molar-refractivity contribution in [1.29, 1.82) is 0 Å². The third-order valence-electron chi connectivity index (χ3n) is 0.766. The second kappa shape index (κ2) is 5.06. The Kier molecular flexibility index (Phi) is 5.01. The lowest BCUT2D eigenvalue weighted by atomic mass is 10.4. The summed E-state index contributed by atoms with van der Waals surface area (Å²) in [5, 5.41) is 8.54. The van der Waals surface area contributed by atoms with E-state index in [0.717, 1.165) is 6.42 Å². The quantitative estimate of drug-likeness (QED) is 0.439. The standard InChI is InChI=1S/C6H13O2/c1-3-4-5-8-6(2)7/h3,6-7H,4-5H2,1-2H3. The second-order valence-corrected chi connectivity index (χ2v) is 1.67. The predicted octanol–water partition coefficient (Wildman–Crippen LogP) is 0.956. The molecule has 1 N–H and O–H groups in total. The van der Waals surface area contributed by atoms with Crippen LogP contribution < -0.4 is 0 Å². The Morgan fingerprint density at radius 3 is 2.75 bits per heavy atom. The maximum Gasteiger partial charge on any atom is 0.151 e. The van der Waals surface area contributed by atoms with Crippen LogP contribution in [0.2, 0.25) is 0 Å². The molecule has 2 heteroatoms. The SMILES string of the molecule is C[CH]CCOC(C)O. The fourth-order valence-electron chi connectivity index (χ4n) is 0.356. The average molecular weight is 117 g/mol. The molecule has 0 aromatic heterocycles. The Bertz CT molecular complexity index is 43.8. The van der Waals surface area contributed by atoms with Gasteiger partial charge >= 0.3 is 0 Å². The third-order valence-corrected chi connectivity index (χ3v) is 0.766. The van der Waals surface area contributed by atoms with Gasteiger partial charge in [0.05, 0.1) is 0 Å². The van der Waals surface area contributed by atoms with Gasteiger partial charge in [-0.1, -0.05) is 6.92 Å². The Hall–Kier alpha value is -0.0800. The molecule has 0 aromatic carbocycles. The van der Waals surface area contributed by atoms with Crippen LogP contribution in [0.25, 0.3) is 0 Å². The maximum atomic E-state index is 8.54. The van der Waals surface area contributed by atoms with Gasteiger partial charge in [0, 0.05) is 6.61 Å². The highest BCUT2D eigenvalue weighted by Gasteiger charge is 1.90. The first-order valence-electron chi connectivity index (χ1n) is 2.85. The van der Waals surface area contributed by atoms with Gasteiger partial charge in [-0.05, 0) is 19.8 Å². The van der Waals surface area contributed by atoms with Crippen molar-refractivity contribution in [2.75, 3.05) is 6.61 Å². The molecule has 0 rings (SSSR count). The van der Waals surface area contributed by atoms with E-state index < -0.39 is 6.29 Å². The second-order valence-electron chi connectivity index (χ2n) is 1.67. The number of aliphatic hydroxyl groups is 1. The maximum absolute atomic E-state index is 8.54. The van der Waals surface area contributed by atoms with Crippen molar-refractivity contribution < 1.29 is 9.84 Å². The highest BCUT2D eigenvalue weighted by molar-refractivity contribution is 4.52. The molecule has 0 heterocycles. The van der Waals surface area contributed by atoms with Gasteiger partial charge in [-0.15, -0.1) is 0 Å². The van der Waals surface area contributed by atoms with Gasteiger partial charge in [0.25, 0.3) is 0 Å². The molecule has 0 saturated carbocycles. The fraction of sp³-hybridized carbons (Fsp3) is 0.833. The molecule has 1 radical (unpaired) electrons. The van der Waals surface area contributed by atoms with Crippen molar-refractivity contribution in [3.05, 3.63) is 6.42 Å². The molecule has 0 fully saturated rings. The van der Waals surface area contributed by atoms with Crippen LogP contribution in [0.1, 0.15) is 20.3 Å². The zero-order valence-corrected chi connectivity index (χ0v) is 5.42. The van der Waals surface area contributed by atoms with Crippen molar-refractivity contribution in [3.63, 3.8) is 0 Å². The lowest BCUT2D eigenvalue weighted by Crippen LogP contribution is -2.06. The molecule has 8 heavy (non-hydrogen) atoms. The van der Waals surface area contributed by atoms with Crippen molar-refractivity contribution in [3.8, 4) is 0 Å². The van der Waals surface area contributed by atoms with Crippen LogP contribution in [0.4, 0.5) is 0 Å². The number of ether oxygens (including phenoxy) is 1. The zero-order chi connectivity index (χ0) is 6.41. The molecule has 0 spiro atoms. The minimum Gasteiger partial charge on any atom is -0.368 e. The smallest absolute Gasteiger partial charge is 0.151 e. The molecule has 0 aliphatic rings. The summed E-state index contributed by atoms with van der Waals surface area (Å²) in [4.78, 5) is 0. The molecule has 0 amide bonds. The van der Waals surface area contributed by atoms with E-state index >= 15 is 0 Å². The monoisotopic (exact) mass is 117 g/mol. The summed E-state index contributed by atoms with van der Waals surface area (Å²) in [6.07, 6.45) is 2.29. The van der Waals surface area contributed by atoms with Crippen LogP contribution in [-0.4, -0.2) is 18.0 Å². The first-order valence-corrected chi connectivity index (χ1v) is 2.85. The number of hydrogen-bond acceptors (Lipinski definition) is 2. The van der Waals surface area contributed by atoms with E-state index in [1.807, 2.05) is 13.3 Å². The highest BCUT2D eigenvalue weighted by Crippen LogP contribution is 1.89. The molecule has 0 saturated heterocycles. The number of aliphatic hydroxyl groups excluding tert-OH is 1. The highest BCUT2D eigenvalue weighted by atomic mass is 16.6. The summed E-state index contributed by atoms with van der Waals surface area (Å²) in [6.45, 7) is 4.19. The molecule has 0 aliphatic carbocycles. The van der Waals surface area contributed by atoms with Crippen LogP contribution >= 0.6 is 0 Å². The van der Waals surface area contributed by atoms with E-state index in [4.69, 9.17) is 9.84 Å². The van der Waals surface area contributed by atoms with E-state index in [0.29, 0.717) is 6.61 Å². The van der Waals surface area contributed by atoms with E-state index in [1.165, 1.54) is 0 Å². The Balaban J connectivity index is 2.72. The van der Waals surface area contributed by atoms with E-state index in [2.05, 4.69) is 0 Å². The summed E-state index contributed by atoms with van der Waals surface area (Å²) < 4.78 is 4.81. The van der Waals surface area contributed by atoms with Gasteiger partial charge in [-0.3, -0.25) is 0 Å². The molecular weight excluding hydrogens is 104 g/mol. The van der Waals surface area contributed by atoms with Gasteiger partial charge in [0.1, 0.15) is 0 Å². The van der Waals surface area contributed by atoms with Gasteiger partial charge in [-0.25, -0.2) is 0 Å². The third kappa shape index (κ3) is 5.92. The molecule has 0 aromatic rings. The van der Waals surface area contributed by atoms with Crippen LogP contribution in [0, 0.1) is 6.42 Å². The van der Waals surface area contributed by atoms with Crippen molar-refractivity contribution in [2.45, 2.75) is 26.6 Å². The van der Waals surface area contributed by atoms with Crippen molar-refractivity contribution in [1.82, 2.24) is 0 Å². The summed E-state index contributed by atoms with van der Waals surface area (Å²) in [6, 6.07) is 0. The predicted molar refractivity (Wildman–Crippen MR) is 32.2 cm³/mol. The minimum absolute atomic E-state index is 0.616. The van der Waals surface area contributed by atoms with Crippen molar-refractivity contribution in [2.24, 2.45) is 0 Å². The molecule has 2 nitrogen and oxygen atoms in total. The Morgan fingerprint density at radius 2 is 2.38 bits per heavy atom. The fourth-order valence-corrected chi connectivity index (χ4v) is 0.356. The lowest BCUT2D eigenvalue weighted by Gasteiger charge is -2.03. The van der Waals surface area contributed by atoms with E-state index in [9.17, 15) is 0 Å². The number of hydrogen-bond donors (Lipinski definition) is 1. The Morgan fingerprint density at radius 1 is 1.75 bits per heavy atom.